The second-order valence-corrected chi connectivity index (χ2v) is 14.6. The lowest BCUT2D eigenvalue weighted by Gasteiger charge is -2.72. The number of hydrogen-bond acceptors (Lipinski definition) is 2. The van der Waals surface area contributed by atoms with Crippen LogP contribution in [0.2, 0.25) is 0 Å². The number of hydrogen-bond donors (Lipinski definition) is 2. The molecule has 0 aromatic heterocycles. The van der Waals surface area contributed by atoms with E-state index in [0.717, 1.165) is 18.8 Å². The van der Waals surface area contributed by atoms with E-state index in [9.17, 15) is 10.2 Å². The molecule has 5 aliphatic rings. The van der Waals surface area contributed by atoms with Crippen LogP contribution >= 0.6 is 0 Å². The molecule has 0 amide bonds. The van der Waals surface area contributed by atoms with Gasteiger partial charge >= 0.3 is 0 Å². The van der Waals surface area contributed by atoms with Gasteiger partial charge in [-0.3, -0.25) is 0 Å². The van der Waals surface area contributed by atoms with Crippen molar-refractivity contribution in [1.82, 2.24) is 0 Å². The van der Waals surface area contributed by atoms with Crippen LogP contribution in [0.3, 0.4) is 0 Å². The van der Waals surface area contributed by atoms with Gasteiger partial charge in [-0.25, -0.2) is 0 Å². The van der Waals surface area contributed by atoms with Crippen LogP contribution in [0.15, 0.2) is 24.3 Å². The van der Waals surface area contributed by atoms with E-state index in [0.29, 0.717) is 23.7 Å². The smallest absolute Gasteiger partial charge is 0.0852 e. The Morgan fingerprint density at radius 3 is 2.30 bits per heavy atom. The summed E-state index contributed by atoms with van der Waals surface area (Å²) >= 11 is 0. The summed E-state index contributed by atoms with van der Waals surface area (Å²) in [6.07, 6.45) is 13.3. The summed E-state index contributed by atoms with van der Waals surface area (Å²) in [5, 5.41) is 21.9. The van der Waals surface area contributed by atoms with Crippen molar-refractivity contribution in [1.29, 1.82) is 0 Å². The normalized spacial score (nSPS) is 57.6. The standard InChI is InChI=1S/C31H50O2/c1-9-31-15-12-19(2)20(3)25(31)21-10-11-24-28(6)18-22(32)26(33)27(4,5)23(28)13-14-30(24,8)29(21,7)16-17-31/h9-10,19-20,22-26,32-33H,1,11-18H2,2-8H3/t19-,20-,22-,23-,24-,25-,26+,28+,29-,30-,31-/m1/s1. The maximum absolute atomic E-state index is 11.0. The zero-order valence-corrected chi connectivity index (χ0v) is 22.5. The van der Waals surface area contributed by atoms with Crippen LogP contribution in [0.25, 0.3) is 0 Å². The molecule has 0 bridgehead atoms. The van der Waals surface area contributed by atoms with Gasteiger partial charge in [-0.1, -0.05) is 66.2 Å². The molecule has 33 heavy (non-hydrogen) atoms. The third-order valence-corrected chi connectivity index (χ3v) is 13.4. The second kappa shape index (κ2) is 7.22. The molecular formula is C31H50O2. The summed E-state index contributed by atoms with van der Waals surface area (Å²) in [7, 11) is 0. The van der Waals surface area contributed by atoms with Gasteiger partial charge in [0.2, 0.25) is 0 Å². The summed E-state index contributed by atoms with van der Waals surface area (Å²) in [5.41, 5.74) is 2.35. The minimum absolute atomic E-state index is 0.0681. The largest absolute Gasteiger partial charge is 0.390 e. The minimum Gasteiger partial charge on any atom is -0.390 e. The summed E-state index contributed by atoms with van der Waals surface area (Å²) in [5.74, 6) is 3.15. The Morgan fingerprint density at radius 1 is 0.939 bits per heavy atom. The molecule has 0 aromatic rings. The van der Waals surface area contributed by atoms with Crippen molar-refractivity contribution in [2.75, 3.05) is 0 Å². The van der Waals surface area contributed by atoms with E-state index in [4.69, 9.17) is 0 Å². The van der Waals surface area contributed by atoms with E-state index in [1.54, 1.807) is 5.57 Å². The van der Waals surface area contributed by atoms with Crippen LogP contribution < -0.4 is 0 Å². The number of fused-ring (bicyclic) bond motifs is 7. The molecule has 5 rings (SSSR count). The van der Waals surface area contributed by atoms with Crippen LogP contribution in [0.4, 0.5) is 0 Å². The van der Waals surface area contributed by atoms with Gasteiger partial charge in [0.1, 0.15) is 0 Å². The third kappa shape index (κ3) is 2.80. The molecule has 0 radical (unpaired) electrons. The Kier molecular flexibility index (Phi) is 5.27. The van der Waals surface area contributed by atoms with Gasteiger partial charge in [0.25, 0.3) is 0 Å². The van der Waals surface area contributed by atoms with E-state index >= 15 is 0 Å². The molecule has 0 aromatic carbocycles. The zero-order chi connectivity index (χ0) is 24.2. The first-order valence-electron chi connectivity index (χ1n) is 14.0. The molecule has 11 atom stereocenters. The maximum Gasteiger partial charge on any atom is 0.0852 e. The van der Waals surface area contributed by atoms with E-state index in [1.165, 1.54) is 38.5 Å². The molecule has 0 spiro atoms. The quantitative estimate of drug-likeness (QED) is 0.413. The summed E-state index contributed by atoms with van der Waals surface area (Å²) in [6.45, 7) is 21.5. The first-order chi connectivity index (χ1) is 15.3. The van der Waals surface area contributed by atoms with Crippen molar-refractivity contribution in [3.05, 3.63) is 24.3 Å². The van der Waals surface area contributed by atoms with Crippen molar-refractivity contribution >= 4 is 0 Å². The van der Waals surface area contributed by atoms with Crippen LogP contribution in [0.5, 0.6) is 0 Å². The van der Waals surface area contributed by atoms with Crippen molar-refractivity contribution in [3.8, 4) is 0 Å². The van der Waals surface area contributed by atoms with Crippen LogP contribution in [-0.2, 0) is 0 Å². The van der Waals surface area contributed by atoms with E-state index < -0.39 is 12.2 Å². The molecule has 0 heterocycles. The number of rotatable bonds is 1. The number of aliphatic hydroxyl groups is 2. The van der Waals surface area contributed by atoms with Gasteiger partial charge in [-0.15, -0.1) is 6.58 Å². The summed E-state index contributed by atoms with van der Waals surface area (Å²) < 4.78 is 0. The molecule has 4 fully saturated rings. The predicted octanol–water partition coefficient (Wildman–Crippen LogP) is 7.16. The van der Waals surface area contributed by atoms with Gasteiger partial charge < -0.3 is 10.2 Å². The first kappa shape index (κ1) is 24.1. The first-order valence-corrected chi connectivity index (χ1v) is 14.0. The molecule has 4 saturated carbocycles. The Bertz CT molecular complexity index is 857. The van der Waals surface area contributed by atoms with E-state index in [-0.39, 0.29) is 27.1 Å². The molecule has 2 heteroatoms. The lowest BCUT2D eigenvalue weighted by atomic mass is 9.33. The van der Waals surface area contributed by atoms with E-state index in [2.05, 4.69) is 67.2 Å². The monoisotopic (exact) mass is 454 g/mol. The lowest BCUT2D eigenvalue weighted by molar-refractivity contribution is -0.231. The second-order valence-electron chi connectivity index (χ2n) is 14.6. The Balaban J connectivity index is 1.61. The van der Waals surface area contributed by atoms with Crippen LogP contribution in [0.1, 0.15) is 99.8 Å². The number of aliphatic hydroxyl groups excluding tert-OH is 2. The molecule has 0 unspecified atom stereocenters. The molecule has 2 nitrogen and oxygen atoms in total. The van der Waals surface area contributed by atoms with E-state index in [1.807, 2.05) is 0 Å². The minimum atomic E-state index is -0.613. The fourth-order valence-corrected chi connectivity index (χ4v) is 11.0. The Morgan fingerprint density at radius 2 is 1.64 bits per heavy atom. The summed E-state index contributed by atoms with van der Waals surface area (Å²) in [4.78, 5) is 0. The highest BCUT2D eigenvalue weighted by Crippen LogP contribution is 2.75. The average molecular weight is 455 g/mol. The Labute approximate surface area is 203 Å². The predicted molar refractivity (Wildman–Crippen MR) is 137 cm³/mol. The lowest BCUT2D eigenvalue weighted by Crippen LogP contribution is -2.66. The van der Waals surface area contributed by atoms with Crippen molar-refractivity contribution in [2.24, 2.45) is 56.7 Å². The van der Waals surface area contributed by atoms with Crippen LogP contribution in [-0.4, -0.2) is 22.4 Å². The van der Waals surface area contributed by atoms with Crippen LogP contribution in [0, 0.1) is 56.7 Å². The maximum atomic E-state index is 11.0. The van der Waals surface area contributed by atoms with Gasteiger partial charge in [0, 0.05) is 0 Å². The fraction of sp³-hybridized carbons (Fsp3) is 0.871. The molecule has 0 aliphatic heterocycles. The van der Waals surface area contributed by atoms with Gasteiger partial charge in [-0.2, -0.15) is 0 Å². The highest BCUT2D eigenvalue weighted by molar-refractivity contribution is 5.35. The van der Waals surface area contributed by atoms with Gasteiger partial charge in [0.15, 0.2) is 0 Å². The third-order valence-electron chi connectivity index (χ3n) is 13.4. The highest BCUT2D eigenvalue weighted by atomic mass is 16.3. The molecule has 5 aliphatic carbocycles. The van der Waals surface area contributed by atoms with Gasteiger partial charge in [0.05, 0.1) is 12.2 Å². The molecule has 0 saturated heterocycles. The summed E-state index contributed by atoms with van der Waals surface area (Å²) in [6, 6.07) is 0. The van der Waals surface area contributed by atoms with Crippen molar-refractivity contribution < 1.29 is 10.2 Å². The SMILES string of the molecule is C=C[C@]12CC[C@@H](C)[C@@H](C)[C@@H]1C1=CC[C@@H]3[C@@]4(C)C[C@@H](O)[C@H](O)C(C)(C)[C@H]4CC[C@@]3(C)[C@]1(C)CC2. The zero-order valence-electron chi connectivity index (χ0n) is 22.5. The van der Waals surface area contributed by atoms with Gasteiger partial charge in [-0.05, 0) is 108 Å². The average Bonchev–Trinajstić information content (AvgIpc) is 2.75. The molecule has 2 N–H and O–H groups in total. The van der Waals surface area contributed by atoms with Crippen molar-refractivity contribution in [3.63, 3.8) is 0 Å². The fourth-order valence-electron chi connectivity index (χ4n) is 11.0. The number of allylic oxidation sites excluding steroid dienone is 3. The molecular weight excluding hydrogens is 404 g/mol. The van der Waals surface area contributed by atoms with Crippen molar-refractivity contribution in [2.45, 2.75) is 112 Å². The topological polar surface area (TPSA) is 40.5 Å². The molecule has 186 valence electrons. The highest BCUT2D eigenvalue weighted by Gasteiger charge is 2.69. The Hall–Kier alpha value is -0.600.